The number of halogens is 1. The van der Waals surface area contributed by atoms with E-state index in [-0.39, 0.29) is 11.8 Å². The maximum Gasteiger partial charge on any atom is 0.338 e. The predicted octanol–water partition coefficient (Wildman–Crippen LogP) is 5.73. The molecule has 0 N–H and O–H groups in total. The highest BCUT2D eigenvalue weighted by Crippen LogP contribution is 2.33. The molecular formula is C24H24FNO2. The van der Waals surface area contributed by atoms with Crippen molar-refractivity contribution in [1.82, 2.24) is 4.57 Å². The average molecular weight is 377 g/mol. The summed E-state index contributed by atoms with van der Waals surface area (Å²) in [6.07, 6.45) is 5.69. The Bertz CT molecular complexity index is 971. The third-order valence-corrected chi connectivity index (χ3v) is 5.33. The van der Waals surface area contributed by atoms with Crippen molar-refractivity contribution in [3.05, 3.63) is 77.2 Å². The molecule has 0 bridgehead atoms. The minimum atomic E-state index is -0.306. The Morgan fingerprint density at radius 2 is 1.71 bits per heavy atom. The first-order chi connectivity index (χ1) is 13.7. The maximum absolute atomic E-state index is 13.4. The lowest BCUT2D eigenvalue weighted by molar-refractivity contribution is 0.0526. The van der Waals surface area contributed by atoms with E-state index in [0.29, 0.717) is 12.2 Å². The molecule has 0 aliphatic heterocycles. The lowest BCUT2D eigenvalue weighted by atomic mass is 10.1. The van der Waals surface area contributed by atoms with Gasteiger partial charge in [-0.2, -0.15) is 0 Å². The molecule has 0 spiro atoms. The summed E-state index contributed by atoms with van der Waals surface area (Å²) in [5, 5.41) is 0. The van der Waals surface area contributed by atoms with Crippen molar-refractivity contribution in [1.29, 1.82) is 0 Å². The number of benzene rings is 2. The zero-order valence-electron chi connectivity index (χ0n) is 16.1. The lowest BCUT2D eigenvalue weighted by Crippen LogP contribution is -2.06. The van der Waals surface area contributed by atoms with E-state index >= 15 is 0 Å². The summed E-state index contributed by atoms with van der Waals surface area (Å²) >= 11 is 0. The van der Waals surface area contributed by atoms with Gasteiger partial charge in [0.1, 0.15) is 5.82 Å². The van der Waals surface area contributed by atoms with Gasteiger partial charge in [0.2, 0.25) is 0 Å². The van der Waals surface area contributed by atoms with Crippen molar-refractivity contribution in [2.75, 3.05) is 6.61 Å². The Kier molecular flexibility index (Phi) is 5.29. The second-order valence-electron chi connectivity index (χ2n) is 7.17. The van der Waals surface area contributed by atoms with Gasteiger partial charge >= 0.3 is 5.97 Å². The van der Waals surface area contributed by atoms with E-state index in [0.717, 1.165) is 29.8 Å². The van der Waals surface area contributed by atoms with Crippen LogP contribution in [0.1, 0.15) is 47.8 Å². The number of ether oxygens (including phenoxy) is 1. The first-order valence-corrected chi connectivity index (χ1v) is 9.94. The van der Waals surface area contributed by atoms with Crippen LogP contribution in [0.4, 0.5) is 4.39 Å². The van der Waals surface area contributed by atoms with Gasteiger partial charge < -0.3 is 9.30 Å². The fourth-order valence-electron chi connectivity index (χ4n) is 3.96. The van der Waals surface area contributed by atoms with Gasteiger partial charge in [0.25, 0.3) is 0 Å². The molecule has 0 saturated heterocycles. The number of fused-ring (bicyclic) bond motifs is 1. The second-order valence-corrected chi connectivity index (χ2v) is 7.17. The summed E-state index contributed by atoms with van der Waals surface area (Å²) in [6, 6.07) is 16.4. The van der Waals surface area contributed by atoms with Crippen molar-refractivity contribution < 1.29 is 13.9 Å². The van der Waals surface area contributed by atoms with Crippen LogP contribution in [0.5, 0.6) is 0 Å². The number of rotatable bonds is 4. The molecule has 0 fully saturated rings. The van der Waals surface area contributed by atoms with E-state index in [4.69, 9.17) is 4.74 Å². The molecule has 1 aliphatic rings. The molecule has 0 atom stereocenters. The Labute approximate surface area is 164 Å². The largest absolute Gasteiger partial charge is 0.462 e. The first-order valence-electron chi connectivity index (χ1n) is 9.94. The number of carbonyl (C=O) groups is 1. The molecule has 1 heterocycles. The van der Waals surface area contributed by atoms with Crippen molar-refractivity contribution in [2.24, 2.45) is 0 Å². The molecule has 4 rings (SSSR count). The molecule has 28 heavy (non-hydrogen) atoms. The number of carbonyl (C=O) groups excluding carboxylic acids is 1. The normalized spacial score (nSPS) is 13.6. The molecule has 3 aromatic rings. The van der Waals surface area contributed by atoms with Gasteiger partial charge in [-0.25, -0.2) is 9.18 Å². The van der Waals surface area contributed by atoms with Crippen LogP contribution >= 0.6 is 0 Å². The SMILES string of the molecule is CCOC(=O)c1ccc(-n2c(-c3ccc(F)cc3)cc3c2CCCCC3)cc1. The zero-order valence-corrected chi connectivity index (χ0v) is 16.1. The van der Waals surface area contributed by atoms with Crippen molar-refractivity contribution in [2.45, 2.75) is 39.0 Å². The van der Waals surface area contributed by atoms with E-state index in [2.05, 4.69) is 10.6 Å². The van der Waals surface area contributed by atoms with Gasteiger partial charge in [0.15, 0.2) is 0 Å². The molecule has 0 radical (unpaired) electrons. The molecule has 2 aromatic carbocycles. The van der Waals surface area contributed by atoms with Crippen LogP contribution in [-0.4, -0.2) is 17.1 Å². The molecule has 3 nitrogen and oxygen atoms in total. The molecule has 0 amide bonds. The summed E-state index contributed by atoms with van der Waals surface area (Å²) in [6.45, 7) is 2.16. The van der Waals surface area contributed by atoms with Gasteiger partial charge in [-0.15, -0.1) is 0 Å². The molecule has 1 aromatic heterocycles. The summed E-state index contributed by atoms with van der Waals surface area (Å²) in [5.74, 6) is -0.540. The smallest absolute Gasteiger partial charge is 0.338 e. The van der Waals surface area contributed by atoms with Crippen molar-refractivity contribution in [3.63, 3.8) is 0 Å². The third-order valence-electron chi connectivity index (χ3n) is 5.33. The van der Waals surface area contributed by atoms with Crippen LogP contribution in [0, 0.1) is 5.82 Å². The highest BCUT2D eigenvalue weighted by atomic mass is 19.1. The molecule has 1 aliphatic carbocycles. The summed E-state index contributed by atoms with van der Waals surface area (Å²) < 4.78 is 20.8. The molecule has 0 unspecified atom stereocenters. The Morgan fingerprint density at radius 1 is 1.00 bits per heavy atom. The Morgan fingerprint density at radius 3 is 2.43 bits per heavy atom. The van der Waals surface area contributed by atoms with Crippen LogP contribution < -0.4 is 0 Å². The number of hydrogen-bond acceptors (Lipinski definition) is 2. The minimum absolute atomic E-state index is 0.234. The Hall–Kier alpha value is -2.88. The predicted molar refractivity (Wildman–Crippen MR) is 108 cm³/mol. The zero-order chi connectivity index (χ0) is 19.5. The van der Waals surface area contributed by atoms with E-state index in [1.807, 2.05) is 36.4 Å². The van der Waals surface area contributed by atoms with Crippen LogP contribution in [0.15, 0.2) is 54.6 Å². The van der Waals surface area contributed by atoms with E-state index < -0.39 is 0 Å². The second kappa shape index (κ2) is 8.01. The number of aryl methyl sites for hydroxylation is 1. The fraction of sp³-hybridized carbons (Fsp3) is 0.292. The third kappa shape index (κ3) is 3.59. The molecule has 144 valence electrons. The summed E-state index contributed by atoms with van der Waals surface area (Å²) in [7, 11) is 0. The van der Waals surface area contributed by atoms with E-state index in [9.17, 15) is 9.18 Å². The molecular weight excluding hydrogens is 353 g/mol. The number of hydrogen-bond donors (Lipinski definition) is 0. The summed E-state index contributed by atoms with van der Waals surface area (Å²) in [4.78, 5) is 12.0. The summed E-state index contributed by atoms with van der Waals surface area (Å²) in [5.41, 5.74) is 6.30. The topological polar surface area (TPSA) is 31.2 Å². The Balaban J connectivity index is 1.81. The van der Waals surface area contributed by atoms with Crippen LogP contribution in [-0.2, 0) is 17.6 Å². The number of aromatic nitrogens is 1. The quantitative estimate of drug-likeness (QED) is 0.429. The highest BCUT2D eigenvalue weighted by molar-refractivity contribution is 5.89. The lowest BCUT2D eigenvalue weighted by Gasteiger charge is -2.15. The van der Waals surface area contributed by atoms with Gasteiger partial charge in [0.05, 0.1) is 17.9 Å². The minimum Gasteiger partial charge on any atom is -0.462 e. The monoisotopic (exact) mass is 377 g/mol. The van der Waals surface area contributed by atoms with Crippen molar-refractivity contribution >= 4 is 5.97 Å². The van der Waals surface area contributed by atoms with E-state index in [1.54, 1.807) is 6.92 Å². The fourth-order valence-corrected chi connectivity index (χ4v) is 3.96. The van der Waals surface area contributed by atoms with Crippen LogP contribution in [0.2, 0.25) is 0 Å². The van der Waals surface area contributed by atoms with Gasteiger partial charge in [0, 0.05) is 11.4 Å². The number of nitrogens with zero attached hydrogens (tertiary/aromatic N) is 1. The molecule has 4 heteroatoms. The van der Waals surface area contributed by atoms with Gasteiger partial charge in [-0.3, -0.25) is 0 Å². The first kappa shape index (κ1) is 18.5. The van der Waals surface area contributed by atoms with Crippen LogP contribution in [0.25, 0.3) is 16.9 Å². The van der Waals surface area contributed by atoms with Gasteiger partial charge in [-0.1, -0.05) is 6.42 Å². The highest BCUT2D eigenvalue weighted by Gasteiger charge is 2.19. The molecule has 0 saturated carbocycles. The maximum atomic E-state index is 13.4. The van der Waals surface area contributed by atoms with Gasteiger partial charge in [-0.05, 0) is 98.3 Å². The van der Waals surface area contributed by atoms with Crippen LogP contribution in [0.3, 0.4) is 0 Å². The van der Waals surface area contributed by atoms with Crippen molar-refractivity contribution in [3.8, 4) is 16.9 Å². The number of esters is 1. The standard InChI is InChI=1S/C24H24FNO2/c1-2-28-24(27)18-10-14-21(15-11-18)26-22-7-5-3-4-6-19(22)16-23(26)17-8-12-20(25)13-9-17/h8-16H,2-7H2,1H3. The average Bonchev–Trinajstić information content (AvgIpc) is 2.91. The van der Waals surface area contributed by atoms with E-state index in [1.165, 1.54) is 42.7 Å².